The van der Waals surface area contributed by atoms with Crippen molar-refractivity contribution in [2.24, 2.45) is 0 Å². The minimum Gasteiger partial charge on any atom is -0.497 e. The summed E-state index contributed by atoms with van der Waals surface area (Å²) in [4.78, 5) is 21.7. The summed E-state index contributed by atoms with van der Waals surface area (Å²) >= 11 is 0. The molecule has 0 saturated carbocycles. The number of pyridine rings is 1. The summed E-state index contributed by atoms with van der Waals surface area (Å²) in [5, 5.41) is 9.70. The molecule has 1 aromatic carbocycles. The van der Waals surface area contributed by atoms with Crippen LogP contribution in [0.4, 0.5) is 5.95 Å². The van der Waals surface area contributed by atoms with Gasteiger partial charge in [-0.3, -0.25) is 15.2 Å². The first kappa shape index (κ1) is 20.1. The van der Waals surface area contributed by atoms with Gasteiger partial charge in [0.1, 0.15) is 17.3 Å². The standard InChI is InChI=1S/C22H22N6O3/c1-13-11-17(14(2)28(13)19-7-5-6-10-23-19)21(29)25-22-24-20(26-27-22)16-9-8-15(30-3)12-18(16)31-4/h5-12H,1-4H3,(H2,24,25,26,27,29). The lowest BCUT2D eigenvalue weighted by Crippen LogP contribution is -2.14. The Morgan fingerprint density at radius 2 is 1.94 bits per heavy atom. The summed E-state index contributed by atoms with van der Waals surface area (Å²) in [6, 6.07) is 12.8. The Labute approximate surface area is 179 Å². The molecule has 0 saturated heterocycles. The Kier molecular flexibility index (Phi) is 5.40. The first-order valence-corrected chi connectivity index (χ1v) is 9.58. The van der Waals surface area contributed by atoms with Crippen LogP contribution in [-0.4, -0.2) is 44.9 Å². The molecule has 158 valence electrons. The third-order valence-electron chi connectivity index (χ3n) is 4.93. The van der Waals surface area contributed by atoms with Crippen LogP contribution in [0.25, 0.3) is 17.2 Å². The number of carbonyl (C=O) groups is 1. The zero-order chi connectivity index (χ0) is 22.0. The minimum absolute atomic E-state index is 0.167. The van der Waals surface area contributed by atoms with Crippen molar-refractivity contribution in [1.29, 1.82) is 0 Å². The van der Waals surface area contributed by atoms with Crippen LogP contribution in [0, 0.1) is 13.8 Å². The maximum atomic E-state index is 12.9. The van der Waals surface area contributed by atoms with Gasteiger partial charge >= 0.3 is 0 Å². The number of rotatable bonds is 6. The normalized spacial score (nSPS) is 10.7. The molecule has 0 aliphatic heterocycles. The second-order valence-corrected chi connectivity index (χ2v) is 6.84. The van der Waals surface area contributed by atoms with Crippen LogP contribution in [0.3, 0.4) is 0 Å². The largest absolute Gasteiger partial charge is 0.497 e. The number of hydrogen-bond acceptors (Lipinski definition) is 6. The number of H-pyrrole nitrogens is 1. The van der Waals surface area contributed by atoms with Crippen molar-refractivity contribution in [3.05, 3.63) is 65.6 Å². The SMILES string of the molecule is COc1ccc(-c2nc(NC(=O)c3cc(C)n(-c4ccccn4)c3C)n[nH]2)c(OC)c1. The molecule has 0 aliphatic carbocycles. The molecule has 0 spiro atoms. The molecule has 0 unspecified atom stereocenters. The van der Waals surface area contributed by atoms with Crippen molar-refractivity contribution >= 4 is 11.9 Å². The highest BCUT2D eigenvalue weighted by molar-refractivity contribution is 6.04. The first-order valence-electron chi connectivity index (χ1n) is 9.58. The van der Waals surface area contributed by atoms with Gasteiger partial charge in [-0.15, -0.1) is 5.10 Å². The molecular weight excluding hydrogens is 396 g/mol. The van der Waals surface area contributed by atoms with E-state index in [0.717, 1.165) is 17.2 Å². The third kappa shape index (κ3) is 3.85. The van der Waals surface area contributed by atoms with Crippen LogP contribution < -0.4 is 14.8 Å². The molecule has 2 N–H and O–H groups in total. The number of amides is 1. The van der Waals surface area contributed by atoms with Gasteiger partial charge < -0.3 is 14.0 Å². The van der Waals surface area contributed by atoms with Gasteiger partial charge in [-0.2, -0.15) is 4.98 Å². The number of nitrogens with one attached hydrogen (secondary N) is 2. The van der Waals surface area contributed by atoms with Gasteiger partial charge in [0.25, 0.3) is 5.91 Å². The zero-order valence-corrected chi connectivity index (χ0v) is 17.6. The zero-order valence-electron chi connectivity index (χ0n) is 17.6. The molecule has 0 fully saturated rings. The lowest BCUT2D eigenvalue weighted by molar-refractivity contribution is 0.102. The minimum atomic E-state index is -0.303. The van der Waals surface area contributed by atoms with Gasteiger partial charge in [0.05, 0.1) is 25.3 Å². The number of hydrogen-bond donors (Lipinski definition) is 2. The van der Waals surface area contributed by atoms with Crippen molar-refractivity contribution in [3.63, 3.8) is 0 Å². The van der Waals surface area contributed by atoms with Gasteiger partial charge in [0.15, 0.2) is 5.82 Å². The predicted octanol–water partition coefficient (Wildman–Crippen LogP) is 3.54. The fourth-order valence-electron chi connectivity index (χ4n) is 3.43. The lowest BCUT2D eigenvalue weighted by Gasteiger charge is -2.08. The number of aromatic amines is 1. The van der Waals surface area contributed by atoms with E-state index in [0.29, 0.717) is 28.5 Å². The average molecular weight is 418 g/mol. The fraction of sp³-hybridized carbons (Fsp3) is 0.182. The maximum absolute atomic E-state index is 12.9. The Balaban J connectivity index is 1.58. The molecule has 3 heterocycles. The Morgan fingerprint density at radius 1 is 1.10 bits per heavy atom. The smallest absolute Gasteiger partial charge is 0.259 e. The van der Waals surface area contributed by atoms with E-state index >= 15 is 0 Å². The van der Waals surface area contributed by atoms with Crippen molar-refractivity contribution in [3.8, 4) is 28.7 Å². The highest BCUT2D eigenvalue weighted by Gasteiger charge is 2.19. The summed E-state index contributed by atoms with van der Waals surface area (Å²) in [5.74, 6) is 2.32. The van der Waals surface area contributed by atoms with Crippen LogP contribution in [-0.2, 0) is 0 Å². The van der Waals surface area contributed by atoms with Gasteiger partial charge in [0, 0.05) is 23.7 Å². The number of aryl methyl sites for hydroxylation is 1. The fourth-order valence-corrected chi connectivity index (χ4v) is 3.43. The van der Waals surface area contributed by atoms with Gasteiger partial charge in [-0.1, -0.05) is 6.07 Å². The van der Waals surface area contributed by atoms with Crippen molar-refractivity contribution < 1.29 is 14.3 Å². The number of anilines is 1. The van der Waals surface area contributed by atoms with Crippen molar-refractivity contribution in [2.45, 2.75) is 13.8 Å². The monoisotopic (exact) mass is 418 g/mol. The quantitative estimate of drug-likeness (QED) is 0.496. The van der Waals surface area contributed by atoms with Gasteiger partial charge in [-0.05, 0) is 44.2 Å². The summed E-state index contributed by atoms with van der Waals surface area (Å²) in [7, 11) is 3.15. The van der Waals surface area contributed by atoms with Crippen molar-refractivity contribution in [2.75, 3.05) is 19.5 Å². The number of nitrogens with zero attached hydrogens (tertiary/aromatic N) is 4. The molecule has 4 rings (SSSR count). The van der Waals surface area contributed by atoms with Crippen molar-refractivity contribution in [1.82, 2.24) is 24.7 Å². The van der Waals surface area contributed by atoms with E-state index < -0.39 is 0 Å². The second-order valence-electron chi connectivity index (χ2n) is 6.84. The molecule has 9 heteroatoms. The Hall–Kier alpha value is -4.14. The number of carbonyl (C=O) groups excluding carboxylic acids is 1. The molecule has 0 aliphatic rings. The molecular formula is C22H22N6O3. The van der Waals surface area contributed by atoms with Gasteiger partial charge in [-0.25, -0.2) is 4.98 Å². The predicted molar refractivity (Wildman–Crippen MR) is 116 cm³/mol. The number of methoxy groups -OCH3 is 2. The second kappa shape index (κ2) is 8.31. The number of ether oxygens (including phenoxy) is 2. The van der Waals surface area contributed by atoms with E-state index in [1.54, 1.807) is 32.5 Å². The molecule has 0 bridgehead atoms. The Morgan fingerprint density at radius 3 is 2.65 bits per heavy atom. The lowest BCUT2D eigenvalue weighted by atomic mass is 10.2. The molecule has 0 radical (unpaired) electrons. The number of benzene rings is 1. The maximum Gasteiger partial charge on any atom is 0.259 e. The molecule has 4 aromatic rings. The molecule has 31 heavy (non-hydrogen) atoms. The first-order chi connectivity index (χ1) is 15.0. The topological polar surface area (TPSA) is 107 Å². The van der Waals surface area contributed by atoms with E-state index in [9.17, 15) is 4.79 Å². The highest BCUT2D eigenvalue weighted by Crippen LogP contribution is 2.31. The van der Waals surface area contributed by atoms with Gasteiger partial charge in [0.2, 0.25) is 5.95 Å². The van der Waals surface area contributed by atoms with Crippen LogP contribution in [0.2, 0.25) is 0 Å². The molecule has 1 amide bonds. The molecule has 9 nitrogen and oxygen atoms in total. The van der Waals surface area contributed by atoms with E-state index in [1.165, 1.54) is 0 Å². The van der Waals surface area contributed by atoms with Crippen LogP contribution in [0.5, 0.6) is 11.5 Å². The van der Waals surface area contributed by atoms with E-state index in [2.05, 4.69) is 25.5 Å². The summed E-state index contributed by atoms with van der Waals surface area (Å²) in [5.41, 5.74) is 2.91. The number of aromatic nitrogens is 5. The summed E-state index contributed by atoms with van der Waals surface area (Å²) < 4.78 is 12.6. The highest BCUT2D eigenvalue weighted by atomic mass is 16.5. The summed E-state index contributed by atoms with van der Waals surface area (Å²) in [6.07, 6.45) is 1.72. The van der Waals surface area contributed by atoms with Crippen LogP contribution >= 0.6 is 0 Å². The van der Waals surface area contributed by atoms with E-state index in [1.807, 2.05) is 48.7 Å². The van der Waals surface area contributed by atoms with E-state index in [4.69, 9.17) is 9.47 Å². The van der Waals surface area contributed by atoms with E-state index in [-0.39, 0.29) is 11.9 Å². The summed E-state index contributed by atoms with van der Waals surface area (Å²) in [6.45, 7) is 3.81. The Bertz CT molecular complexity index is 1230. The average Bonchev–Trinajstić information content (AvgIpc) is 3.37. The molecule has 3 aromatic heterocycles. The van der Waals surface area contributed by atoms with Crippen LogP contribution in [0.15, 0.2) is 48.7 Å². The molecule has 0 atom stereocenters. The van der Waals surface area contributed by atoms with Crippen LogP contribution in [0.1, 0.15) is 21.7 Å². The third-order valence-corrected chi connectivity index (χ3v) is 4.93.